The third kappa shape index (κ3) is 2.53. The van der Waals surface area contributed by atoms with E-state index >= 15 is 0 Å². The van der Waals surface area contributed by atoms with Crippen LogP contribution in [-0.4, -0.2) is 17.1 Å². The maximum Gasteiger partial charge on any atom is 0.136 e. The molecule has 88 valence electrons. The van der Waals surface area contributed by atoms with E-state index in [9.17, 15) is 0 Å². The molecule has 0 spiro atoms. The molecule has 0 saturated heterocycles. The average Bonchev–Trinajstić information content (AvgIpc) is 2.35. The monoisotopic (exact) mass is 229 g/mol. The van der Waals surface area contributed by atoms with Crippen LogP contribution >= 0.6 is 0 Å². The van der Waals surface area contributed by atoms with Crippen LogP contribution in [0.15, 0.2) is 30.6 Å². The topological polar surface area (TPSA) is 47.0 Å². The van der Waals surface area contributed by atoms with Gasteiger partial charge in [-0.2, -0.15) is 0 Å². The second-order valence-electron chi connectivity index (χ2n) is 3.79. The molecule has 4 heteroatoms. The van der Waals surface area contributed by atoms with Crippen molar-refractivity contribution < 1.29 is 4.74 Å². The molecule has 0 saturated carbocycles. The van der Waals surface area contributed by atoms with Gasteiger partial charge in [0.2, 0.25) is 0 Å². The predicted molar refractivity (Wildman–Crippen MR) is 67.8 cm³/mol. The van der Waals surface area contributed by atoms with E-state index in [2.05, 4.69) is 15.3 Å². The Kier molecular flexibility index (Phi) is 3.23. The summed E-state index contributed by atoms with van der Waals surface area (Å²) in [5.74, 6) is 1.64. The largest absolute Gasteiger partial charge is 0.497 e. The van der Waals surface area contributed by atoms with Crippen molar-refractivity contribution in [2.75, 3.05) is 12.4 Å². The van der Waals surface area contributed by atoms with Crippen LogP contribution < -0.4 is 10.1 Å². The Morgan fingerprint density at radius 3 is 2.76 bits per heavy atom. The molecular weight excluding hydrogens is 214 g/mol. The lowest BCUT2D eigenvalue weighted by atomic mass is 10.2. The van der Waals surface area contributed by atoms with Crippen molar-refractivity contribution in [1.29, 1.82) is 0 Å². The number of aryl methyl sites for hydroxylation is 1. The minimum Gasteiger partial charge on any atom is -0.497 e. The summed E-state index contributed by atoms with van der Waals surface area (Å²) >= 11 is 0. The molecule has 0 aliphatic heterocycles. The number of hydrogen-bond acceptors (Lipinski definition) is 4. The molecule has 2 rings (SSSR count). The fourth-order valence-electron chi connectivity index (χ4n) is 1.50. The summed E-state index contributed by atoms with van der Waals surface area (Å²) in [6.45, 7) is 3.96. The molecule has 1 N–H and O–H groups in total. The third-order valence-electron chi connectivity index (χ3n) is 2.67. The van der Waals surface area contributed by atoms with Crippen molar-refractivity contribution in [3.05, 3.63) is 41.9 Å². The molecule has 1 aromatic carbocycles. The standard InChI is InChI=1S/C13H15N3O/c1-9-10(2)14-8-15-13(9)16-11-5-4-6-12(7-11)17-3/h4-8H,1-3H3,(H,14,15,16). The Bertz CT molecular complexity index is 526. The fraction of sp³-hybridized carbons (Fsp3) is 0.231. The molecule has 1 aromatic heterocycles. The van der Waals surface area contributed by atoms with Crippen LogP contribution in [0.4, 0.5) is 11.5 Å². The highest BCUT2D eigenvalue weighted by atomic mass is 16.5. The molecule has 0 bridgehead atoms. The lowest BCUT2D eigenvalue weighted by Gasteiger charge is -2.10. The maximum atomic E-state index is 5.17. The number of methoxy groups -OCH3 is 1. The van der Waals surface area contributed by atoms with Gasteiger partial charge in [-0.15, -0.1) is 0 Å². The number of hydrogen-bond donors (Lipinski definition) is 1. The zero-order valence-corrected chi connectivity index (χ0v) is 10.2. The molecule has 0 fully saturated rings. The van der Waals surface area contributed by atoms with Crippen LogP contribution in [0.5, 0.6) is 5.75 Å². The summed E-state index contributed by atoms with van der Waals surface area (Å²) in [7, 11) is 1.65. The predicted octanol–water partition coefficient (Wildman–Crippen LogP) is 2.85. The van der Waals surface area contributed by atoms with Gasteiger partial charge in [-0.05, 0) is 26.0 Å². The van der Waals surface area contributed by atoms with Crippen LogP contribution in [-0.2, 0) is 0 Å². The minimum absolute atomic E-state index is 0.818. The number of nitrogens with one attached hydrogen (secondary N) is 1. The van der Waals surface area contributed by atoms with Crippen LogP contribution in [0, 0.1) is 13.8 Å². The van der Waals surface area contributed by atoms with E-state index in [-0.39, 0.29) is 0 Å². The molecule has 1 heterocycles. The molecule has 0 aliphatic rings. The van der Waals surface area contributed by atoms with Gasteiger partial charge in [0, 0.05) is 23.0 Å². The molecule has 0 atom stereocenters. The molecule has 2 aromatic rings. The first-order chi connectivity index (χ1) is 8.20. The lowest BCUT2D eigenvalue weighted by Crippen LogP contribution is -1.99. The van der Waals surface area contributed by atoms with Crippen molar-refractivity contribution >= 4 is 11.5 Å². The minimum atomic E-state index is 0.818. The van der Waals surface area contributed by atoms with Crippen LogP contribution in [0.25, 0.3) is 0 Å². The lowest BCUT2D eigenvalue weighted by molar-refractivity contribution is 0.415. The van der Waals surface area contributed by atoms with Gasteiger partial charge >= 0.3 is 0 Å². The normalized spacial score (nSPS) is 10.1. The molecule has 17 heavy (non-hydrogen) atoms. The van der Waals surface area contributed by atoms with E-state index in [0.29, 0.717) is 0 Å². The highest BCUT2D eigenvalue weighted by Crippen LogP contribution is 2.22. The molecule has 4 nitrogen and oxygen atoms in total. The summed E-state index contributed by atoms with van der Waals surface area (Å²) in [5.41, 5.74) is 2.98. The molecule has 0 aliphatic carbocycles. The van der Waals surface area contributed by atoms with Gasteiger partial charge in [0.1, 0.15) is 17.9 Å². The van der Waals surface area contributed by atoms with E-state index in [1.54, 1.807) is 13.4 Å². The Labute approximate surface area is 101 Å². The van der Waals surface area contributed by atoms with Gasteiger partial charge in [-0.3, -0.25) is 0 Å². The zero-order valence-electron chi connectivity index (χ0n) is 10.2. The highest BCUT2D eigenvalue weighted by molar-refractivity contribution is 5.61. The Morgan fingerprint density at radius 2 is 2.00 bits per heavy atom. The van der Waals surface area contributed by atoms with Crippen molar-refractivity contribution in [2.45, 2.75) is 13.8 Å². The Balaban J connectivity index is 2.28. The van der Waals surface area contributed by atoms with Crippen LogP contribution in [0.1, 0.15) is 11.3 Å². The van der Waals surface area contributed by atoms with E-state index in [4.69, 9.17) is 4.74 Å². The Hall–Kier alpha value is -2.10. The van der Waals surface area contributed by atoms with E-state index < -0.39 is 0 Å². The van der Waals surface area contributed by atoms with Gasteiger partial charge in [0.05, 0.1) is 7.11 Å². The van der Waals surface area contributed by atoms with Crippen LogP contribution in [0.3, 0.4) is 0 Å². The van der Waals surface area contributed by atoms with Crippen LogP contribution in [0.2, 0.25) is 0 Å². The first-order valence-corrected chi connectivity index (χ1v) is 5.40. The SMILES string of the molecule is COc1cccc(Nc2ncnc(C)c2C)c1. The summed E-state index contributed by atoms with van der Waals surface area (Å²) < 4.78 is 5.17. The van der Waals surface area contributed by atoms with E-state index in [1.807, 2.05) is 38.1 Å². The summed E-state index contributed by atoms with van der Waals surface area (Å²) in [6.07, 6.45) is 1.56. The molecule has 0 amide bonds. The van der Waals surface area contributed by atoms with E-state index in [1.165, 1.54) is 0 Å². The van der Waals surface area contributed by atoms with Gasteiger partial charge in [0.25, 0.3) is 0 Å². The van der Waals surface area contributed by atoms with Gasteiger partial charge in [0.15, 0.2) is 0 Å². The zero-order chi connectivity index (χ0) is 12.3. The third-order valence-corrected chi connectivity index (χ3v) is 2.67. The molecular formula is C13H15N3O. The van der Waals surface area contributed by atoms with Crippen molar-refractivity contribution in [1.82, 2.24) is 9.97 Å². The van der Waals surface area contributed by atoms with Gasteiger partial charge in [-0.1, -0.05) is 6.07 Å². The van der Waals surface area contributed by atoms with Crippen molar-refractivity contribution in [2.24, 2.45) is 0 Å². The fourth-order valence-corrected chi connectivity index (χ4v) is 1.50. The second-order valence-corrected chi connectivity index (χ2v) is 3.79. The smallest absolute Gasteiger partial charge is 0.136 e. The van der Waals surface area contributed by atoms with Crippen molar-refractivity contribution in [3.8, 4) is 5.75 Å². The number of anilines is 2. The first kappa shape index (κ1) is 11.4. The number of benzene rings is 1. The van der Waals surface area contributed by atoms with Crippen molar-refractivity contribution in [3.63, 3.8) is 0 Å². The average molecular weight is 229 g/mol. The highest BCUT2D eigenvalue weighted by Gasteiger charge is 2.04. The number of ether oxygens (including phenoxy) is 1. The summed E-state index contributed by atoms with van der Waals surface area (Å²) in [4.78, 5) is 8.37. The van der Waals surface area contributed by atoms with E-state index in [0.717, 1.165) is 28.5 Å². The summed E-state index contributed by atoms with van der Waals surface area (Å²) in [5, 5.41) is 3.26. The van der Waals surface area contributed by atoms with Gasteiger partial charge in [-0.25, -0.2) is 9.97 Å². The molecule has 0 radical (unpaired) electrons. The number of rotatable bonds is 3. The number of aromatic nitrogens is 2. The quantitative estimate of drug-likeness (QED) is 0.879. The first-order valence-electron chi connectivity index (χ1n) is 5.40. The summed E-state index contributed by atoms with van der Waals surface area (Å²) in [6, 6.07) is 7.74. The maximum absolute atomic E-state index is 5.17. The second kappa shape index (κ2) is 4.82. The van der Waals surface area contributed by atoms with Gasteiger partial charge < -0.3 is 10.1 Å². The number of nitrogens with zero attached hydrogens (tertiary/aromatic N) is 2. The Morgan fingerprint density at radius 1 is 1.18 bits per heavy atom. The molecule has 0 unspecified atom stereocenters.